The Morgan fingerprint density at radius 2 is 0.885 bits per heavy atom. The van der Waals surface area contributed by atoms with E-state index in [0.29, 0.717) is 64.1 Å². The minimum absolute atomic E-state index is 0.0861. The molecule has 0 aliphatic rings. The first kappa shape index (κ1) is 66.1. The average molecular weight is 1130 g/mol. The molecule has 1 aromatic heterocycles. The van der Waals surface area contributed by atoms with E-state index in [1.807, 2.05) is 41.0 Å². The number of aryl methyl sites for hydroxylation is 3. The molecule has 0 saturated heterocycles. The van der Waals surface area contributed by atoms with Crippen LogP contribution in [0.2, 0.25) is 0 Å². The Kier molecular flexibility index (Phi) is 28.3. The van der Waals surface area contributed by atoms with Crippen LogP contribution in [0.5, 0.6) is 17.2 Å². The second-order valence-corrected chi connectivity index (χ2v) is 26.3. The second-order valence-electron chi connectivity index (χ2n) is 23.2. The number of pyridine rings is 1. The van der Waals surface area contributed by atoms with Crippen molar-refractivity contribution in [2.45, 2.75) is 181 Å². The van der Waals surface area contributed by atoms with E-state index in [0.717, 1.165) is 79.8 Å². The lowest BCUT2D eigenvalue weighted by Crippen LogP contribution is -2.41. The van der Waals surface area contributed by atoms with E-state index in [9.17, 15) is 36.1 Å². The van der Waals surface area contributed by atoms with Gasteiger partial charge in [0.05, 0.1) is 101 Å². The van der Waals surface area contributed by atoms with Crippen LogP contribution in [0.15, 0.2) is 48.5 Å². The Morgan fingerprint density at radius 1 is 0.513 bits per heavy atom. The van der Waals surface area contributed by atoms with E-state index >= 15 is 0 Å². The Bertz CT molecular complexity index is 2700. The standard InChI is InChI=1S/C61H95N3O12S2/c1-8-9-37-63(4,5)38-26-22-18-14-10-12-16-20-24-28-41-74-52-32-34-56-54(47-52)58(61(67)76-59-49(2)45-51(60(65)66)46-50(59)3)55-48-53(33-35-57(55)62(56)36-30-43-77(68,69)70)75-42-29-25-21-17-13-11-15-19-23-27-39-64(6,7)40-31-44-78(71,72)73/h32-35,45-48H,8-31,36-44H2,1-7H3/p+3. The summed E-state index contributed by atoms with van der Waals surface area (Å²) in [6, 6.07) is 14.1. The molecule has 15 nitrogen and oxygen atoms in total. The fourth-order valence-electron chi connectivity index (χ4n) is 10.6. The lowest BCUT2D eigenvalue weighted by Gasteiger charge is -2.29. The second kappa shape index (κ2) is 33.4. The number of carboxylic acid groups (broad SMARTS) is 1. The summed E-state index contributed by atoms with van der Waals surface area (Å²) in [7, 11) is 0.761. The molecule has 0 amide bonds. The van der Waals surface area contributed by atoms with Gasteiger partial charge in [-0.05, 0) is 106 Å². The first-order chi connectivity index (χ1) is 37.0. The van der Waals surface area contributed by atoms with Crippen molar-refractivity contribution in [3.8, 4) is 17.2 Å². The van der Waals surface area contributed by atoms with E-state index < -0.39 is 37.9 Å². The van der Waals surface area contributed by atoms with Crippen molar-refractivity contribution < 1.29 is 68.4 Å². The number of aromatic carboxylic acids is 1. The van der Waals surface area contributed by atoms with Crippen LogP contribution in [-0.4, -0.2) is 131 Å². The molecule has 17 heteroatoms. The zero-order chi connectivity index (χ0) is 57.2. The summed E-state index contributed by atoms with van der Waals surface area (Å²) in [5.74, 6) is -0.978. The summed E-state index contributed by atoms with van der Waals surface area (Å²) >= 11 is 0. The number of carbonyl (C=O) groups excluding carboxylic acids is 1. The quantitative estimate of drug-likeness (QED) is 0.00724. The summed E-state index contributed by atoms with van der Waals surface area (Å²) in [5, 5.41) is 10.8. The molecule has 3 N–H and O–H groups in total. The maximum atomic E-state index is 14.8. The smallest absolute Gasteiger partial charge is 0.345 e. The topological polar surface area (TPSA) is 195 Å². The largest absolute Gasteiger partial charge is 0.494 e. The molecule has 0 aliphatic carbocycles. The summed E-state index contributed by atoms with van der Waals surface area (Å²) in [6.07, 6.45) is 26.2. The fraction of sp³-hybridized carbons (Fsp3) is 0.656. The fourth-order valence-corrected chi connectivity index (χ4v) is 11.6. The van der Waals surface area contributed by atoms with Gasteiger partial charge in [0.1, 0.15) is 17.2 Å². The molecule has 0 radical (unpaired) electrons. The number of rotatable bonds is 42. The highest BCUT2D eigenvalue weighted by molar-refractivity contribution is 7.86. The van der Waals surface area contributed by atoms with Gasteiger partial charge in [-0.25, -0.2) is 9.59 Å². The van der Waals surface area contributed by atoms with Crippen molar-refractivity contribution >= 4 is 54.0 Å². The predicted octanol–water partition coefficient (Wildman–Crippen LogP) is 12.9. The summed E-state index contributed by atoms with van der Waals surface area (Å²) in [5.41, 5.74) is 2.61. The van der Waals surface area contributed by atoms with Crippen LogP contribution in [-0.2, 0) is 26.8 Å². The average Bonchev–Trinajstić information content (AvgIpc) is 3.51. The number of fused-ring (bicyclic) bond motifs is 2. The highest BCUT2D eigenvalue weighted by Gasteiger charge is 2.28. The number of ether oxygens (including phenoxy) is 3. The number of carboxylic acids is 1. The number of unbranched alkanes of at least 4 members (excludes halogenated alkanes) is 19. The van der Waals surface area contributed by atoms with Gasteiger partial charge in [0.2, 0.25) is 11.0 Å². The zero-order valence-corrected chi connectivity index (χ0v) is 50.3. The van der Waals surface area contributed by atoms with E-state index in [1.165, 1.54) is 109 Å². The number of esters is 1. The monoisotopic (exact) mass is 1130 g/mol. The van der Waals surface area contributed by atoms with Gasteiger partial charge in [-0.15, -0.1) is 0 Å². The SMILES string of the molecule is CCCC[N+](C)(C)CCCCCCCCCCCCOc1ccc2c(c1)c(C(=O)Oc1c(C)cc(C(=O)O)cc1C)c1cc(OCCCCCCCCCCCC[N+](C)(C)CCCS(=O)(=O)O)ccc1[n+]2CCCS(=O)(=O)O. The van der Waals surface area contributed by atoms with Crippen molar-refractivity contribution in [3.05, 3.63) is 70.8 Å². The molecular formula is C61H98N3O12S2+3. The highest BCUT2D eigenvalue weighted by atomic mass is 32.2. The molecule has 0 aliphatic heterocycles. The number of hydrogen-bond donors (Lipinski definition) is 3. The molecule has 3 aromatic carbocycles. The summed E-state index contributed by atoms with van der Waals surface area (Å²) < 4.78 is 87.3. The molecule has 0 spiro atoms. The highest BCUT2D eigenvalue weighted by Crippen LogP contribution is 2.34. The number of aromatic nitrogens is 1. The molecule has 4 aromatic rings. The van der Waals surface area contributed by atoms with Crippen LogP contribution >= 0.6 is 0 Å². The molecule has 0 bridgehead atoms. The predicted molar refractivity (Wildman–Crippen MR) is 313 cm³/mol. The number of carbonyl (C=O) groups is 2. The van der Waals surface area contributed by atoms with Crippen LogP contribution in [0.4, 0.5) is 0 Å². The normalized spacial score (nSPS) is 12.4. The summed E-state index contributed by atoms with van der Waals surface area (Å²) in [6.45, 7) is 11.1. The van der Waals surface area contributed by atoms with Gasteiger partial charge in [-0.2, -0.15) is 21.4 Å². The first-order valence-corrected chi connectivity index (χ1v) is 32.5. The minimum atomic E-state index is -4.24. The van der Waals surface area contributed by atoms with Crippen LogP contribution in [0.1, 0.15) is 193 Å². The number of quaternary nitrogens is 2. The Labute approximate surface area is 468 Å². The van der Waals surface area contributed by atoms with Gasteiger partial charge in [-0.3, -0.25) is 9.11 Å². The zero-order valence-electron chi connectivity index (χ0n) is 48.6. The van der Waals surface area contributed by atoms with Crippen LogP contribution in [0.25, 0.3) is 21.8 Å². The van der Waals surface area contributed by atoms with Crippen LogP contribution in [0.3, 0.4) is 0 Å². The molecule has 438 valence electrons. The molecule has 1 heterocycles. The molecule has 0 unspecified atom stereocenters. The molecule has 78 heavy (non-hydrogen) atoms. The van der Waals surface area contributed by atoms with Crippen molar-refractivity contribution in [2.24, 2.45) is 0 Å². The van der Waals surface area contributed by atoms with Gasteiger partial charge < -0.3 is 28.3 Å². The summed E-state index contributed by atoms with van der Waals surface area (Å²) in [4.78, 5) is 26.7. The minimum Gasteiger partial charge on any atom is -0.494 e. The molecular weight excluding hydrogens is 1030 g/mol. The Balaban J connectivity index is 1.41. The van der Waals surface area contributed by atoms with Gasteiger partial charge in [0, 0.05) is 25.0 Å². The van der Waals surface area contributed by atoms with E-state index in [4.69, 9.17) is 18.8 Å². The Morgan fingerprint density at radius 3 is 1.28 bits per heavy atom. The third kappa shape index (κ3) is 25.0. The molecule has 4 rings (SSSR count). The van der Waals surface area contributed by atoms with Gasteiger partial charge >= 0.3 is 11.9 Å². The lowest BCUT2D eigenvalue weighted by molar-refractivity contribution is -0.890. The van der Waals surface area contributed by atoms with Crippen molar-refractivity contribution in [2.75, 3.05) is 79.1 Å². The number of benzene rings is 3. The van der Waals surface area contributed by atoms with Gasteiger partial charge in [-0.1, -0.05) is 103 Å². The maximum absolute atomic E-state index is 14.8. The number of hydrogen-bond acceptors (Lipinski definition) is 9. The van der Waals surface area contributed by atoms with E-state index in [1.54, 1.807) is 13.8 Å². The van der Waals surface area contributed by atoms with Crippen molar-refractivity contribution in [3.63, 3.8) is 0 Å². The van der Waals surface area contributed by atoms with Gasteiger partial charge in [0.25, 0.3) is 20.2 Å². The van der Waals surface area contributed by atoms with E-state index in [2.05, 4.69) is 35.1 Å². The Hall–Kier alpha value is -4.39. The van der Waals surface area contributed by atoms with Crippen LogP contribution < -0.4 is 18.8 Å². The van der Waals surface area contributed by atoms with E-state index in [-0.39, 0.29) is 35.6 Å². The third-order valence-corrected chi connectivity index (χ3v) is 16.7. The first-order valence-electron chi connectivity index (χ1n) is 29.3. The third-order valence-electron chi connectivity index (χ3n) is 15.1. The maximum Gasteiger partial charge on any atom is 0.345 e. The van der Waals surface area contributed by atoms with Crippen molar-refractivity contribution in [1.29, 1.82) is 0 Å². The van der Waals surface area contributed by atoms with Gasteiger partial charge in [0.15, 0.2) is 6.54 Å². The molecule has 0 atom stereocenters. The molecule has 0 saturated carbocycles. The van der Waals surface area contributed by atoms with Crippen molar-refractivity contribution in [1.82, 2.24) is 0 Å². The van der Waals surface area contributed by atoms with Crippen LogP contribution in [0, 0.1) is 13.8 Å². The molecule has 0 fully saturated rings. The number of nitrogens with zero attached hydrogens (tertiary/aromatic N) is 3. The lowest BCUT2D eigenvalue weighted by atomic mass is 10.0.